The molecule has 1 rings (SSSR count). The average molecular weight is 280 g/mol. The molecule has 1 aromatic rings. The Morgan fingerprint density at radius 2 is 2.29 bits per heavy atom. The van der Waals surface area contributed by atoms with Crippen molar-refractivity contribution in [1.82, 2.24) is 0 Å². The van der Waals surface area contributed by atoms with Crippen molar-refractivity contribution in [2.45, 2.75) is 12.5 Å². The van der Waals surface area contributed by atoms with E-state index in [0.29, 0.717) is 6.42 Å². The Bertz CT molecular complexity index is 304. The number of benzene rings is 1. The SMILES string of the molecule is COc1ccc(CC(O)CCl)cc1Br. The summed E-state index contributed by atoms with van der Waals surface area (Å²) in [5, 5.41) is 9.35. The van der Waals surface area contributed by atoms with Crippen LogP contribution >= 0.6 is 27.5 Å². The van der Waals surface area contributed by atoms with Crippen molar-refractivity contribution in [1.29, 1.82) is 0 Å². The first-order chi connectivity index (χ1) is 6.67. The van der Waals surface area contributed by atoms with Crippen LogP contribution in [0.2, 0.25) is 0 Å². The summed E-state index contributed by atoms with van der Waals surface area (Å²) in [6, 6.07) is 5.70. The van der Waals surface area contributed by atoms with E-state index in [0.717, 1.165) is 15.8 Å². The number of hydrogen-bond acceptors (Lipinski definition) is 2. The number of methoxy groups -OCH3 is 1. The van der Waals surface area contributed by atoms with Gasteiger partial charge in [0, 0.05) is 5.88 Å². The highest BCUT2D eigenvalue weighted by Gasteiger charge is 2.06. The zero-order chi connectivity index (χ0) is 10.6. The smallest absolute Gasteiger partial charge is 0.133 e. The van der Waals surface area contributed by atoms with Crippen LogP contribution in [0.25, 0.3) is 0 Å². The third kappa shape index (κ3) is 3.15. The predicted octanol–water partition coefficient (Wildman–Crippen LogP) is 2.60. The van der Waals surface area contributed by atoms with Gasteiger partial charge >= 0.3 is 0 Å². The lowest BCUT2D eigenvalue weighted by molar-refractivity contribution is 0.198. The maximum Gasteiger partial charge on any atom is 0.133 e. The van der Waals surface area contributed by atoms with Gasteiger partial charge in [0.25, 0.3) is 0 Å². The molecule has 1 atom stereocenters. The van der Waals surface area contributed by atoms with Gasteiger partial charge in [-0.25, -0.2) is 0 Å². The predicted molar refractivity (Wildman–Crippen MR) is 61.1 cm³/mol. The number of hydrogen-bond donors (Lipinski definition) is 1. The molecule has 0 radical (unpaired) electrons. The van der Waals surface area contributed by atoms with Crippen LogP contribution in [0.1, 0.15) is 5.56 Å². The second kappa shape index (κ2) is 5.59. The highest BCUT2D eigenvalue weighted by molar-refractivity contribution is 9.10. The Morgan fingerprint density at radius 3 is 2.79 bits per heavy atom. The molecule has 78 valence electrons. The molecule has 0 saturated heterocycles. The molecule has 0 aliphatic carbocycles. The molecule has 0 saturated carbocycles. The van der Waals surface area contributed by atoms with E-state index in [1.54, 1.807) is 7.11 Å². The van der Waals surface area contributed by atoms with Gasteiger partial charge < -0.3 is 9.84 Å². The minimum atomic E-state index is -0.489. The molecular weight excluding hydrogens is 267 g/mol. The molecule has 0 heterocycles. The summed E-state index contributed by atoms with van der Waals surface area (Å²) < 4.78 is 5.98. The van der Waals surface area contributed by atoms with Gasteiger partial charge in [0.2, 0.25) is 0 Å². The number of halogens is 2. The molecule has 1 N–H and O–H groups in total. The molecular formula is C10H12BrClO2. The summed E-state index contributed by atoms with van der Waals surface area (Å²) in [6.07, 6.45) is 0.0727. The lowest BCUT2D eigenvalue weighted by atomic mass is 10.1. The van der Waals surface area contributed by atoms with Crippen molar-refractivity contribution in [2.24, 2.45) is 0 Å². The Hall–Kier alpha value is -0.250. The molecule has 4 heteroatoms. The zero-order valence-electron chi connectivity index (χ0n) is 7.84. The molecule has 0 aliphatic heterocycles. The summed E-state index contributed by atoms with van der Waals surface area (Å²) in [6.45, 7) is 0. The van der Waals surface area contributed by atoms with E-state index in [9.17, 15) is 5.11 Å². The quantitative estimate of drug-likeness (QED) is 0.859. The van der Waals surface area contributed by atoms with Crippen LogP contribution in [0, 0.1) is 0 Å². The second-order valence-electron chi connectivity index (χ2n) is 2.98. The maximum atomic E-state index is 9.35. The Balaban J connectivity index is 2.76. The lowest BCUT2D eigenvalue weighted by Crippen LogP contribution is -2.11. The largest absolute Gasteiger partial charge is 0.496 e. The first kappa shape index (κ1) is 11.8. The van der Waals surface area contributed by atoms with E-state index in [2.05, 4.69) is 15.9 Å². The van der Waals surface area contributed by atoms with Gasteiger partial charge in [0.05, 0.1) is 17.7 Å². The van der Waals surface area contributed by atoms with Crippen molar-refractivity contribution >= 4 is 27.5 Å². The first-order valence-electron chi connectivity index (χ1n) is 4.23. The summed E-state index contributed by atoms with van der Waals surface area (Å²) >= 11 is 8.89. The normalized spacial score (nSPS) is 12.6. The third-order valence-electron chi connectivity index (χ3n) is 1.87. The summed E-state index contributed by atoms with van der Waals surface area (Å²) in [4.78, 5) is 0. The summed E-state index contributed by atoms with van der Waals surface area (Å²) in [7, 11) is 1.62. The minimum absolute atomic E-state index is 0.254. The number of ether oxygens (including phenoxy) is 1. The van der Waals surface area contributed by atoms with Crippen molar-refractivity contribution in [3.05, 3.63) is 28.2 Å². The molecule has 0 amide bonds. The average Bonchev–Trinajstić information content (AvgIpc) is 2.18. The summed E-state index contributed by atoms with van der Waals surface area (Å²) in [5.41, 5.74) is 1.03. The highest BCUT2D eigenvalue weighted by atomic mass is 79.9. The topological polar surface area (TPSA) is 29.5 Å². The van der Waals surface area contributed by atoms with E-state index in [-0.39, 0.29) is 5.88 Å². The zero-order valence-corrected chi connectivity index (χ0v) is 10.2. The van der Waals surface area contributed by atoms with Gasteiger partial charge in [-0.05, 0) is 40.0 Å². The third-order valence-corrected chi connectivity index (χ3v) is 2.84. The molecule has 0 aliphatic rings. The molecule has 0 fully saturated rings. The van der Waals surface area contributed by atoms with Crippen molar-refractivity contribution < 1.29 is 9.84 Å². The number of alkyl halides is 1. The van der Waals surface area contributed by atoms with Crippen LogP contribution < -0.4 is 4.74 Å². The minimum Gasteiger partial charge on any atom is -0.496 e. The fourth-order valence-corrected chi connectivity index (χ4v) is 1.86. The van der Waals surface area contributed by atoms with Gasteiger partial charge in [-0.2, -0.15) is 0 Å². The van der Waals surface area contributed by atoms with E-state index in [4.69, 9.17) is 16.3 Å². The van der Waals surface area contributed by atoms with Gasteiger partial charge in [0.15, 0.2) is 0 Å². The van der Waals surface area contributed by atoms with E-state index >= 15 is 0 Å². The molecule has 14 heavy (non-hydrogen) atoms. The van der Waals surface area contributed by atoms with Crippen LogP contribution in [0.5, 0.6) is 5.75 Å². The van der Waals surface area contributed by atoms with Gasteiger partial charge in [-0.3, -0.25) is 0 Å². The van der Waals surface area contributed by atoms with Crippen LogP contribution in [0.4, 0.5) is 0 Å². The summed E-state index contributed by atoms with van der Waals surface area (Å²) in [5.74, 6) is 1.04. The van der Waals surface area contributed by atoms with Crippen molar-refractivity contribution in [3.8, 4) is 5.75 Å². The Labute approximate surface area is 97.0 Å². The van der Waals surface area contributed by atoms with E-state index < -0.39 is 6.10 Å². The lowest BCUT2D eigenvalue weighted by Gasteiger charge is -2.08. The number of aliphatic hydroxyl groups excluding tert-OH is 1. The van der Waals surface area contributed by atoms with E-state index in [1.807, 2.05) is 18.2 Å². The van der Waals surface area contributed by atoms with Crippen molar-refractivity contribution in [3.63, 3.8) is 0 Å². The first-order valence-corrected chi connectivity index (χ1v) is 5.56. The van der Waals surface area contributed by atoms with E-state index in [1.165, 1.54) is 0 Å². The van der Waals surface area contributed by atoms with Crippen LogP contribution in [0.15, 0.2) is 22.7 Å². The standard InChI is InChI=1S/C10H12BrClO2/c1-14-10-3-2-7(5-9(10)11)4-8(13)6-12/h2-3,5,8,13H,4,6H2,1H3. The van der Waals surface area contributed by atoms with Crippen molar-refractivity contribution in [2.75, 3.05) is 13.0 Å². The maximum absolute atomic E-state index is 9.35. The number of aliphatic hydroxyl groups is 1. The van der Waals surface area contributed by atoms with Crippen LogP contribution in [-0.4, -0.2) is 24.2 Å². The van der Waals surface area contributed by atoms with Gasteiger partial charge in [0.1, 0.15) is 5.75 Å². The van der Waals surface area contributed by atoms with Gasteiger partial charge in [-0.15, -0.1) is 11.6 Å². The molecule has 2 nitrogen and oxygen atoms in total. The van der Waals surface area contributed by atoms with Gasteiger partial charge in [-0.1, -0.05) is 6.07 Å². The molecule has 0 spiro atoms. The molecule has 1 aromatic carbocycles. The second-order valence-corrected chi connectivity index (χ2v) is 4.14. The monoisotopic (exact) mass is 278 g/mol. The Morgan fingerprint density at radius 1 is 1.57 bits per heavy atom. The van der Waals surface area contributed by atoms with Crippen LogP contribution in [-0.2, 0) is 6.42 Å². The molecule has 1 unspecified atom stereocenters. The number of rotatable bonds is 4. The highest BCUT2D eigenvalue weighted by Crippen LogP contribution is 2.25. The molecule has 0 bridgehead atoms. The Kier molecular flexibility index (Phi) is 4.72. The fraction of sp³-hybridized carbons (Fsp3) is 0.400. The fourth-order valence-electron chi connectivity index (χ4n) is 1.16. The molecule has 0 aromatic heterocycles. The van der Waals surface area contributed by atoms with Crippen LogP contribution in [0.3, 0.4) is 0 Å².